The van der Waals surface area contributed by atoms with E-state index in [0.29, 0.717) is 6.44 Å². The van der Waals surface area contributed by atoms with Gasteiger partial charge in [0.25, 0.3) is 0 Å². The lowest BCUT2D eigenvalue weighted by atomic mass is 9.97. The van der Waals surface area contributed by atoms with Crippen LogP contribution in [-0.4, -0.2) is 37.7 Å². The third-order valence-corrected chi connectivity index (χ3v) is 0.596. The smallest absolute Gasteiger partial charge is 0.310 e. The van der Waals surface area contributed by atoms with Gasteiger partial charge in [-0.2, -0.15) is 0 Å². The fourth-order valence-corrected chi connectivity index (χ4v) is 0.230. The summed E-state index contributed by atoms with van der Waals surface area (Å²) in [6, 6.07) is 0. The Hall–Kier alpha value is -0.575. The Bertz CT molecular complexity index is 85.4. The van der Waals surface area contributed by atoms with E-state index in [2.05, 4.69) is 0 Å². The highest BCUT2D eigenvalue weighted by molar-refractivity contribution is 6.25. The molecule has 0 aliphatic heterocycles. The van der Waals surface area contributed by atoms with Gasteiger partial charge in [0.1, 0.15) is 0 Å². The summed E-state index contributed by atoms with van der Waals surface area (Å²) in [4.78, 5) is 10.9. The summed E-state index contributed by atoms with van der Waals surface area (Å²) in [5.74, 6) is 0. The molecule has 0 aromatic heterocycles. The van der Waals surface area contributed by atoms with Crippen molar-refractivity contribution in [3.05, 3.63) is 10.1 Å². The minimum atomic E-state index is -0.444. The lowest BCUT2D eigenvalue weighted by Crippen LogP contribution is -2.23. The van der Waals surface area contributed by atoms with Crippen molar-refractivity contribution in [1.29, 1.82) is 0 Å². The Morgan fingerprint density at radius 1 is 1.75 bits per heavy atom. The Morgan fingerprint density at radius 3 is 2.38 bits per heavy atom. The lowest BCUT2D eigenvalue weighted by Gasteiger charge is -2.00. The van der Waals surface area contributed by atoms with Crippen LogP contribution in [0.25, 0.3) is 0 Å². The molecule has 0 heterocycles. The van der Waals surface area contributed by atoms with Gasteiger partial charge in [0.05, 0.1) is 6.44 Å². The molecule has 0 aromatic carbocycles. The minimum Gasteiger partial charge on any atom is -0.310 e. The summed E-state index contributed by atoms with van der Waals surface area (Å²) in [6.45, 7) is 0. The van der Waals surface area contributed by atoms with Gasteiger partial charge in [0.15, 0.2) is 0 Å². The lowest BCUT2D eigenvalue weighted by molar-refractivity contribution is -0.322. The maximum absolute atomic E-state index is 9.63. The molecule has 0 spiro atoms. The van der Waals surface area contributed by atoms with Gasteiger partial charge < -0.3 is 4.90 Å². The van der Waals surface area contributed by atoms with E-state index in [9.17, 15) is 10.1 Å². The van der Waals surface area contributed by atoms with Gasteiger partial charge in [0.2, 0.25) is 0 Å². The van der Waals surface area contributed by atoms with Crippen LogP contribution in [0.15, 0.2) is 0 Å². The van der Waals surface area contributed by atoms with Gasteiger partial charge in [-0.1, -0.05) is 4.83 Å². The normalized spacial score (nSPS) is 9.38. The first kappa shape index (κ1) is 7.42. The van der Waals surface area contributed by atoms with Crippen molar-refractivity contribution in [2.24, 2.45) is 0 Å². The zero-order valence-corrected chi connectivity index (χ0v) is 5.00. The van der Waals surface area contributed by atoms with E-state index in [4.69, 9.17) is 0 Å². The third kappa shape index (κ3) is 5.42. The molecule has 0 aromatic rings. The van der Waals surface area contributed by atoms with E-state index in [1.165, 1.54) is 0 Å². The first-order valence-electron chi connectivity index (χ1n) is 2.24. The summed E-state index contributed by atoms with van der Waals surface area (Å²) in [7, 11) is 4.57. The monoisotopic (exact) mass is 115 g/mol. The summed E-state index contributed by atoms with van der Waals surface area (Å²) in [6.07, 6.45) is 0.396. The second-order valence-corrected chi connectivity index (χ2v) is 1.73. The second-order valence-electron chi connectivity index (χ2n) is 1.73. The zero-order valence-electron chi connectivity index (χ0n) is 5.00. The summed E-state index contributed by atoms with van der Waals surface area (Å²) < 4.78 is 0. The average Bonchev–Trinajstić information content (AvgIpc) is 1.61. The molecule has 0 saturated heterocycles. The molecule has 0 rings (SSSR count). The molecule has 0 atom stereocenters. The average molecular weight is 115 g/mol. The largest absolute Gasteiger partial charge is 0.617 e. The Morgan fingerprint density at radius 2 is 2.25 bits per heavy atom. The van der Waals surface area contributed by atoms with Crippen molar-refractivity contribution >= 4 is 7.41 Å². The second kappa shape index (κ2) is 3.43. The summed E-state index contributed by atoms with van der Waals surface area (Å²) in [5.41, 5.74) is 0. The fourth-order valence-electron chi connectivity index (χ4n) is 0.230. The maximum atomic E-state index is 9.63. The van der Waals surface area contributed by atoms with Crippen LogP contribution >= 0.6 is 0 Å². The van der Waals surface area contributed by atoms with Gasteiger partial charge >= 0.3 is 7.41 Å². The Kier molecular flexibility index (Phi) is 3.18. The molecule has 0 unspecified atom stereocenters. The van der Waals surface area contributed by atoms with Gasteiger partial charge in [0, 0.05) is 0 Å². The van der Waals surface area contributed by atoms with Crippen molar-refractivity contribution in [3.63, 3.8) is 0 Å². The van der Waals surface area contributed by atoms with E-state index in [1.54, 1.807) is 19.0 Å². The number of nitrogens with zero attached hydrogens (tertiary/aromatic N) is 2. The van der Waals surface area contributed by atoms with E-state index < -0.39 is 4.83 Å². The molecular formula is C3H8BN2O2. The molecule has 0 amide bonds. The Balaban J connectivity index is 3.05. The third-order valence-electron chi connectivity index (χ3n) is 0.596. The van der Waals surface area contributed by atoms with Gasteiger partial charge in [-0.15, -0.1) is 0 Å². The quantitative estimate of drug-likeness (QED) is 0.280. The number of hydrogen-bond donors (Lipinski definition) is 0. The van der Waals surface area contributed by atoms with E-state index in [1.807, 2.05) is 0 Å². The molecule has 0 N–H and O–H groups in total. The maximum Gasteiger partial charge on any atom is 0.617 e. The number of hydrogen-bond acceptors (Lipinski definition) is 3. The first-order valence-corrected chi connectivity index (χ1v) is 2.24. The van der Waals surface area contributed by atoms with Crippen LogP contribution in [0.1, 0.15) is 0 Å². The van der Waals surface area contributed by atoms with Crippen molar-refractivity contribution < 1.29 is 4.83 Å². The predicted octanol–water partition coefficient (Wildman–Crippen LogP) is -0.599. The Labute approximate surface area is 48.9 Å². The molecule has 0 saturated carbocycles. The minimum absolute atomic E-state index is 0.396. The fraction of sp³-hybridized carbons (Fsp3) is 1.00. The molecule has 0 bridgehead atoms. The van der Waals surface area contributed by atoms with Crippen molar-refractivity contribution in [3.8, 4) is 0 Å². The molecule has 5 heteroatoms. The molecule has 0 aliphatic carbocycles. The molecule has 4 nitrogen and oxygen atoms in total. The molecular weight excluding hydrogens is 107 g/mol. The van der Waals surface area contributed by atoms with Crippen LogP contribution in [0.3, 0.4) is 0 Å². The summed E-state index contributed by atoms with van der Waals surface area (Å²) >= 11 is 0. The van der Waals surface area contributed by atoms with Crippen LogP contribution in [-0.2, 0) is 0 Å². The van der Waals surface area contributed by atoms with Crippen LogP contribution < -0.4 is 0 Å². The molecule has 8 heavy (non-hydrogen) atoms. The van der Waals surface area contributed by atoms with E-state index in [-0.39, 0.29) is 0 Å². The van der Waals surface area contributed by atoms with Gasteiger partial charge in [-0.3, -0.25) is 10.1 Å². The first-order chi connectivity index (χ1) is 3.63. The highest BCUT2D eigenvalue weighted by atomic mass is 16.6. The van der Waals surface area contributed by atoms with Crippen LogP contribution in [0.5, 0.6) is 0 Å². The van der Waals surface area contributed by atoms with Gasteiger partial charge in [-0.05, 0) is 14.1 Å². The molecule has 0 fully saturated rings. The van der Waals surface area contributed by atoms with Crippen molar-refractivity contribution in [1.82, 2.24) is 4.90 Å². The highest BCUT2D eigenvalue weighted by Crippen LogP contribution is 1.69. The highest BCUT2D eigenvalue weighted by Gasteiger charge is 2.06. The van der Waals surface area contributed by atoms with E-state index in [0.717, 1.165) is 7.41 Å². The zero-order chi connectivity index (χ0) is 6.57. The van der Waals surface area contributed by atoms with Crippen LogP contribution in [0, 0.1) is 10.1 Å². The molecule has 0 aliphatic rings. The molecule has 45 valence electrons. The van der Waals surface area contributed by atoms with Gasteiger partial charge in [-0.25, -0.2) is 0 Å². The SMILES string of the molecule is CN(C)C[B][N+](=O)[O-]. The van der Waals surface area contributed by atoms with Crippen molar-refractivity contribution in [2.75, 3.05) is 20.5 Å². The number of nitro groups is 1. The van der Waals surface area contributed by atoms with Crippen molar-refractivity contribution in [2.45, 2.75) is 0 Å². The standard InChI is InChI=1S/C3H8BN2O2/c1-5(2)3-4-6(7)8/h3H2,1-2H3. The molecule has 1 radical (unpaired) electrons. The van der Waals surface area contributed by atoms with Crippen LogP contribution in [0.2, 0.25) is 0 Å². The van der Waals surface area contributed by atoms with Crippen LogP contribution in [0.4, 0.5) is 0 Å². The van der Waals surface area contributed by atoms with E-state index >= 15 is 0 Å². The topological polar surface area (TPSA) is 46.4 Å². The predicted molar refractivity (Wildman–Crippen MR) is 31.3 cm³/mol. The summed E-state index contributed by atoms with van der Waals surface area (Å²) in [5, 5.41) is 9.63. The number of rotatable bonds is 3.